The number of nitrogens with zero attached hydrogens (tertiary/aromatic N) is 3. The van der Waals surface area contributed by atoms with Crippen LogP contribution in [-0.2, 0) is 0 Å². The van der Waals surface area contributed by atoms with Gasteiger partial charge in [-0.15, -0.1) is 0 Å². The van der Waals surface area contributed by atoms with Gasteiger partial charge in [-0.3, -0.25) is 0 Å². The number of aromatic nitrogens is 2. The van der Waals surface area contributed by atoms with Crippen LogP contribution in [0.15, 0.2) is 35.4 Å². The third kappa shape index (κ3) is 5.65. The summed E-state index contributed by atoms with van der Waals surface area (Å²) < 4.78 is 5.73. The average molecular weight is 326 g/mol. The summed E-state index contributed by atoms with van der Waals surface area (Å²) in [7, 11) is 0. The Kier molecular flexibility index (Phi) is 6.29. The molecule has 0 unspecified atom stereocenters. The first kappa shape index (κ1) is 17.9. The van der Waals surface area contributed by atoms with Gasteiger partial charge < -0.3 is 4.74 Å². The third-order valence-corrected chi connectivity index (χ3v) is 3.54. The van der Waals surface area contributed by atoms with Crippen molar-refractivity contribution < 1.29 is 4.74 Å². The Morgan fingerprint density at radius 2 is 1.75 bits per heavy atom. The van der Waals surface area contributed by atoms with Gasteiger partial charge in [0.25, 0.3) is 0 Å². The number of hydrogen-bond acceptors (Lipinski definition) is 5. The second-order valence-electron chi connectivity index (χ2n) is 6.34. The molecule has 0 fully saturated rings. The fourth-order valence-electron chi connectivity index (χ4n) is 2.18. The standard InChI is InChI=1S/C19H26N4O/c1-13(2)10-11-24-18-8-6-17(7-9-18)16(5)22-23-19-20-14(3)12-15(4)21-19/h6-9,12-13H,10-11H2,1-5H3,(H,20,21,23)/b22-16-. The molecule has 0 atom stereocenters. The summed E-state index contributed by atoms with van der Waals surface area (Å²) in [5, 5.41) is 4.36. The molecular weight excluding hydrogens is 300 g/mol. The van der Waals surface area contributed by atoms with Gasteiger partial charge in [0.15, 0.2) is 0 Å². The highest BCUT2D eigenvalue weighted by molar-refractivity contribution is 5.99. The Labute approximate surface area is 144 Å². The van der Waals surface area contributed by atoms with Gasteiger partial charge in [-0.05, 0) is 69.0 Å². The van der Waals surface area contributed by atoms with Crippen LogP contribution in [0.1, 0.15) is 44.1 Å². The highest BCUT2D eigenvalue weighted by Crippen LogP contribution is 2.14. The van der Waals surface area contributed by atoms with Crippen molar-refractivity contribution in [2.24, 2.45) is 11.0 Å². The Balaban J connectivity index is 1.97. The minimum atomic E-state index is 0.514. The number of hydrogen-bond donors (Lipinski definition) is 1. The van der Waals surface area contributed by atoms with E-state index in [1.54, 1.807) is 0 Å². The Morgan fingerprint density at radius 3 is 2.33 bits per heavy atom. The van der Waals surface area contributed by atoms with Crippen molar-refractivity contribution in [2.45, 2.75) is 41.0 Å². The first-order valence-electron chi connectivity index (χ1n) is 8.30. The summed E-state index contributed by atoms with van der Waals surface area (Å²) in [6.45, 7) is 11.0. The summed E-state index contributed by atoms with van der Waals surface area (Å²) in [5.74, 6) is 2.05. The monoisotopic (exact) mass is 326 g/mol. The summed E-state index contributed by atoms with van der Waals surface area (Å²) >= 11 is 0. The lowest BCUT2D eigenvalue weighted by molar-refractivity contribution is 0.289. The molecule has 1 N–H and O–H groups in total. The lowest BCUT2D eigenvalue weighted by Crippen LogP contribution is -2.04. The van der Waals surface area contributed by atoms with E-state index in [0.717, 1.165) is 41.4 Å². The smallest absolute Gasteiger partial charge is 0.243 e. The number of hydrazone groups is 1. The molecule has 2 aromatic rings. The molecule has 0 aliphatic rings. The zero-order valence-corrected chi connectivity index (χ0v) is 15.1. The van der Waals surface area contributed by atoms with Crippen molar-refractivity contribution in [3.63, 3.8) is 0 Å². The van der Waals surface area contributed by atoms with Gasteiger partial charge in [-0.1, -0.05) is 13.8 Å². The SMILES string of the molecule is C/C(=N/Nc1nc(C)cc(C)n1)c1ccc(OCCC(C)C)cc1. The number of rotatable bonds is 7. The predicted octanol–water partition coefficient (Wildman–Crippen LogP) is 4.35. The molecule has 1 heterocycles. The van der Waals surface area contributed by atoms with Crippen LogP contribution in [0.5, 0.6) is 5.75 Å². The normalized spacial score (nSPS) is 11.7. The van der Waals surface area contributed by atoms with Crippen LogP contribution in [0.3, 0.4) is 0 Å². The van der Waals surface area contributed by atoms with Gasteiger partial charge in [0.2, 0.25) is 5.95 Å². The molecule has 0 amide bonds. The van der Waals surface area contributed by atoms with E-state index in [2.05, 4.69) is 34.3 Å². The minimum absolute atomic E-state index is 0.514. The first-order valence-corrected chi connectivity index (χ1v) is 8.30. The van der Waals surface area contributed by atoms with Crippen LogP contribution in [0, 0.1) is 19.8 Å². The molecule has 0 spiro atoms. The fraction of sp³-hybridized carbons (Fsp3) is 0.421. The quantitative estimate of drug-likeness (QED) is 0.607. The van der Waals surface area contributed by atoms with Crippen molar-refractivity contribution in [1.29, 1.82) is 0 Å². The van der Waals surface area contributed by atoms with Crippen molar-refractivity contribution >= 4 is 11.7 Å². The second-order valence-corrected chi connectivity index (χ2v) is 6.34. The van der Waals surface area contributed by atoms with Crippen LogP contribution in [-0.4, -0.2) is 22.3 Å². The molecule has 0 saturated heterocycles. The number of benzene rings is 1. The maximum absolute atomic E-state index is 5.73. The number of ether oxygens (including phenoxy) is 1. The van der Waals surface area contributed by atoms with Gasteiger partial charge in [-0.2, -0.15) is 5.10 Å². The van der Waals surface area contributed by atoms with E-state index in [1.807, 2.05) is 51.1 Å². The fourth-order valence-corrected chi connectivity index (χ4v) is 2.18. The van der Waals surface area contributed by atoms with E-state index >= 15 is 0 Å². The maximum Gasteiger partial charge on any atom is 0.243 e. The Morgan fingerprint density at radius 1 is 1.12 bits per heavy atom. The molecule has 1 aromatic heterocycles. The molecule has 128 valence electrons. The third-order valence-electron chi connectivity index (χ3n) is 3.54. The number of anilines is 1. The molecule has 2 rings (SSSR count). The van der Waals surface area contributed by atoms with Crippen molar-refractivity contribution in [2.75, 3.05) is 12.0 Å². The topological polar surface area (TPSA) is 59.4 Å². The van der Waals surface area contributed by atoms with Gasteiger partial charge in [0.05, 0.1) is 12.3 Å². The number of nitrogens with one attached hydrogen (secondary N) is 1. The second kappa shape index (κ2) is 8.43. The summed E-state index contributed by atoms with van der Waals surface area (Å²) in [6.07, 6.45) is 1.06. The predicted molar refractivity (Wildman–Crippen MR) is 98.7 cm³/mol. The van der Waals surface area contributed by atoms with E-state index in [-0.39, 0.29) is 0 Å². The van der Waals surface area contributed by atoms with Gasteiger partial charge >= 0.3 is 0 Å². The van der Waals surface area contributed by atoms with Crippen LogP contribution >= 0.6 is 0 Å². The maximum atomic E-state index is 5.73. The summed E-state index contributed by atoms with van der Waals surface area (Å²) in [6, 6.07) is 9.89. The molecule has 0 bridgehead atoms. The largest absolute Gasteiger partial charge is 0.494 e. The highest BCUT2D eigenvalue weighted by Gasteiger charge is 2.02. The van der Waals surface area contributed by atoms with Gasteiger partial charge in [-0.25, -0.2) is 15.4 Å². The van der Waals surface area contributed by atoms with E-state index in [4.69, 9.17) is 4.74 Å². The highest BCUT2D eigenvalue weighted by atomic mass is 16.5. The zero-order chi connectivity index (χ0) is 17.5. The van der Waals surface area contributed by atoms with E-state index in [1.165, 1.54) is 0 Å². The van der Waals surface area contributed by atoms with E-state index in [9.17, 15) is 0 Å². The summed E-state index contributed by atoms with van der Waals surface area (Å²) in [5.41, 5.74) is 6.65. The average Bonchev–Trinajstić information content (AvgIpc) is 2.52. The van der Waals surface area contributed by atoms with Gasteiger partial charge in [0, 0.05) is 11.4 Å². The van der Waals surface area contributed by atoms with E-state index in [0.29, 0.717) is 11.9 Å². The van der Waals surface area contributed by atoms with Crippen LogP contribution in [0.25, 0.3) is 0 Å². The molecular formula is C19H26N4O. The van der Waals surface area contributed by atoms with Crippen LogP contribution in [0.2, 0.25) is 0 Å². The summed E-state index contributed by atoms with van der Waals surface area (Å²) in [4.78, 5) is 8.62. The Hall–Kier alpha value is -2.43. The lowest BCUT2D eigenvalue weighted by Gasteiger charge is -2.09. The van der Waals surface area contributed by atoms with Crippen molar-refractivity contribution in [3.8, 4) is 5.75 Å². The molecule has 1 aromatic carbocycles. The minimum Gasteiger partial charge on any atom is -0.494 e. The first-order chi connectivity index (χ1) is 11.4. The molecule has 0 aliphatic heterocycles. The zero-order valence-electron chi connectivity index (χ0n) is 15.1. The number of aryl methyl sites for hydroxylation is 2. The van der Waals surface area contributed by atoms with Crippen molar-refractivity contribution in [3.05, 3.63) is 47.3 Å². The molecule has 5 nitrogen and oxygen atoms in total. The molecule has 0 saturated carbocycles. The molecule has 0 aliphatic carbocycles. The van der Waals surface area contributed by atoms with Gasteiger partial charge in [0.1, 0.15) is 5.75 Å². The molecule has 5 heteroatoms. The van der Waals surface area contributed by atoms with Crippen LogP contribution < -0.4 is 10.2 Å². The Bertz CT molecular complexity index is 673. The van der Waals surface area contributed by atoms with E-state index < -0.39 is 0 Å². The van der Waals surface area contributed by atoms with Crippen LogP contribution in [0.4, 0.5) is 5.95 Å². The lowest BCUT2D eigenvalue weighted by atomic mass is 10.1. The van der Waals surface area contributed by atoms with Crippen molar-refractivity contribution in [1.82, 2.24) is 9.97 Å². The molecule has 0 radical (unpaired) electrons. The molecule has 24 heavy (non-hydrogen) atoms.